The zero-order chi connectivity index (χ0) is 13.0. The molecule has 0 bridgehead atoms. The van der Waals surface area contributed by atoms with Crippen LogP contribution in [0.3, 0.4) is 0 Å². The maximum atomic E-state index is 5.60. The number of nitrogens with two attached hydrogens (primary N) is 1. The quantitative estimate of drug-likeness (QED) is 0.626. The van der Waals surface area contributed by atoms with E-state index in [1.54, 1.807) is 6.20 Å². The van der Waals surface area contributed by atoms with Gasteiger partial charge in [0.25, 0.3) is 0 Å². The molecular weight excluding hydrogens is 226 g/mol. The Morgan fingerprint density at radius 1 is 1.33 bits per heavy atom. The molecule has 4 heteroatoms. The number of hydrogen-bond acceptors (Lipinski definition) is 4. The molecule has 0 aliphatic rings. The summed E-state index contributed by atoms with van der Waals surface area (Å²) in [6.45, 7) is 4.57. The molecule has 96 valence electrons. The molecule has 1 heterocycles. The average Bonchev–Trinajstić information content (AvgIpc) is 2.39. The van der Waals surface area contributed by atoms with Crippen LogP contribution in [-0.2, 0) is 4.74 Å². The molecule has 0 fully saturated rings. The average molecular weight is 245 g/mol. The van der Waals surface area contributed by atoms with Gasteiger partial charge in [0.05, 0.1) is 24.3 Å². The van der Waals surface area contributed by atoms with Crippen LogP contribution in [-0.4, -0.2) is 17.7 Å². The SMILES string of the molecule is CC(C)OCC(NN)c1ccc2cccnc2c1. The van der Waals surface area contributed by atoms with Gasteiger partial charge in [-0.2, -0.15) is 0 Å². The fourth-order valence-electron chi connectivity index (χ4n) is 1.83. The maximum Gasteiger partial charge on any atom is 0.0705 e. The predicted octanol–water partition coefficient (Wildman–Crippen LogP) is 2.16. The molecular formula is C14H19N3O. The van der Waals surface area contributed by atoms with E-state index in [-0.39, 0.29) is 12.1 Å². The second-order valence-corrected chi connectivity index (χ2v) is 4.56. The Balaban J connectivity index is 2.22. The molecule has 0 radical (unpaired) electrons. The molecule has 0 aliphatic carbocycles. The number of fused-ring (bicyclic) bond motifs is 1. The molecule has 2 aromatic rings. The summed E-state index contributed by atoms with van der Waals surface area (Å²) in [5.74, 6) is 5.58. The van der Waals surface area contributed by atoms with Crippen LogP contribution >= 0.6 is 0 Å². The molecule has 2 rings (SSSR count). The third-order valence-electron chi connectivity index (χ3n) is 2.83. The van der Waals surface area contributed by atoms with Crippen molar-refractivity contribution >= 4 is 10.9 Å². The number of hydrogen-bond donors (Lipinski definition) is 2. The van der Waals surface area contributed by atoms with E-state index in [1.165, 1.54) is 0 Å². The van der Waals surface area contributed by atoms with E-state index in [9.17, 15) is 0 Å². The van der Waals surface area contributed by atoms with Gasteiger partial charge in [-0.15, -0.1) is 0 Å². The van der Waals surface area contributed by atoms with Crippen molar-refractivity contribution < 1.29 is 4.74 Å². The second kappa shape index (κ2) is 5.91. The van der Waals surface area contributed by atoms with Crippen LogP contribution in [0, 0.1) is 0 Å². The number of pyridine rings is 1. The molecule has 1 aromatic heterocycles. The van der Waals surface area contributed by atoms with E-state index >= 15 is 0 Å². The zero-order valence-corrected chi connectivity index (χ0v) is 10.8. The molecule has 1 aromatic carbocycles. The predicted molar refractivity (Wildman–Crippen MR) is 72.9 cm³/mol. The minimum absolute atomic E-state index is 0.0150. The summed E-state index contributed by atoms with van der Waals surface area (Å²) in [5.41, 5.74) is 4.85. The zero-order valence-electron chi connectivity index (χ0n) is 10.8. The van der Waals surface area contributed by atoms with E-state index in [4.69, 9.17) is 10.6 Å². The van der Waals surface area contributed by atoms with E-state index < -0.39 is 0 Å². The summed E-state index contributed by atoms with van der Waals surface area (Å²) in [5, 5.41) is 1.13. The molecule has 1 atom stereocenters. The van der Waals surface area contributed by atoms with Gasteiger partial charge in [0, 0.05) is 11.6 Å². The van der Waals surface area contributed by atoms with Crippen molar-refractivity contribution in [2.24, 2.45) is 5.84 Å². The number of nitrogens with one attached hydrogen (secondary N) is 1. The van der Waals surface area contributed by atoms with Crippen LogP contribution in [0.2, 0.25) is 0 Å². The Kier molecular flexibility index (Phi) is 4.25. The van der Waals surface area contributed by atoms with Crippen LogP contribution in [0.15, 0.2) is 36.5 Å². The van der Waals surface area contributed by atoms with Gasteiger partial charge < -0.3 is 4.74 Å². The van der Waals surface area contributed by atoms with Crippen LogP contribution in [0.1, 0.15) is 25.5 Å². The van der Waals surface area contributed by atoms with Crippen molar-refractivity contribution in [3.63, 3.8) is 0 Å². The van der Waals surface area contributed by atoms with E-state index in [1.807, 2.05) is 32.0 Å². The van der Waals surface area contributed by atoms with Gasteiger partial charge in [-0.1, -0.05) is 18.2 Å². The molecule has 4 nitrogen and oxygen atoms in total. The first-order valence-corrected chi connectivity index (χ1v) is 6.13. The highest BCUT2D eigenvalue weighted by Crippen LogP contribution is 2.19. The fraction of sp³-hybridized carbons (Fsp3) is 0.357. The van der Waals surface area contributed by atoms with Gasteiger partial charge in [-0.25, -0.2) is 0 Å². The monoisotopic (exact) mass is 245 g/mol. The smallest absolute Gasteiger partial charge is 0.0705 e. The molecule has 0 saturated carbocycles. The van der Waals surface area contributed by atoms with Crippen LogP contribution < -0.4 is 11.3 Å². The number of aromatic nitrogens is 1. The van der Waals surface area contributed by atoms with Gasteiger partial charge >= 0.3 is 0 Å². The second-order valence-electron chi connectivity index (χ2n) is 4.56. The van der Waals surface area contributed by atoms with Crippen molar-refractivity contribution in [3.8, 4) is 0 Å². The lowest BCUT2D eigenvalue weighted by Gasteiger charge is -2.18. The minimum atomic E-state index is -0.0150. The van der Waals surface area contributed by atoms with Crippen LogP contribution in [0.4, 0.5) is 0 Å². The lowest BCUT2D eigenvalue weighted by Crippen LogP contribution is -2.32. The number of hydrazine groups is 1. The summed E-state index contributed by atoms with van der Waals surface area (Å²) in [6, 6.07) is 10.1. The normalized spacial score (nSPS) is 13.1. The molecule has 3 N–H and O–H groups in total. The summed E-state index contributed by atoms with van der Waals surface area (Å²) >= 11 is 0. The third-order valence-corrected chi connectivity index (χ3v) is 2.83. The molecule has 0 amide bonds. The minimum Gasteiger partial charge on any atom is -0.377 e. The highest BCUT2D eigenvalue weighted by molar-refractivity contribution is 5.78. The summed E-state index contributed by atoms with van der Waals surface area (Å²) in [6.07, 6.45) is 1.99. The Morgan fingerprint density at radius 3 is 2.89 bits per heavy atom. The Labute approximate surface area is 107 Å². The Bertz CT molecular complexity index is 513. The van der Waals surface area contributed by atoms with Crippen molar-refractivity contribution in [1.82, 2.24) is 10.4 Å². The van der Waals surface area contributed by atoms with Crippen LogP contribution in [0.25, 0.3) is 10.9 Å². The number of ether oxygens (including phenoxy) is 1. The van der Waals surface area contributed by atoms with Crippen molar-refractivity contribution in [2.45, 2.75) is 26.0 Å². The first kappa shape index (κ1) is 13.0. The van der Waals surface area contributed by atoms with Crippen LogP contribution in [0.5, 0.6) is 0 Å². The number of nitrogens with zero attached hydrogens (tertiary/aromatic N) is 1. The molecule has 0 spiro atoms. The standard InChI is InChI=1S/C14H19N3O/c1-10(2)18-9-14(17-15)12-6-5-11-4-3-7-16-13(11)8-12/h3-8,10,14,17H,9,15H2,1-2H3. The van der Waals surface area contributed by atoms with E-state index in [0.29, 0.717) is 6.61 Å². The summed E-state index contributed by atoms with van der Waals surface area (Å²) in [4.78, 5) is 4.34. The van der Waals surface area contributed by atoms with Crippen molar-refractivity contribution in [3.05, 3.63) is 42.1 Å². The number of benzene rings is 1. The third kappa shape index (κ3) is 3.04. The lowest BCUT2D eigenvalue weighted by atomic mass is 10.1. The Morgan fingerprint density at radius 2 is 2.17 bits per heavy atom. The van der Waals surface area contributed by atoms with E-state index in [2.05, 4.69) is 22.5 Å². The largest absolute Gasteiger partial charge is 0.377 e. The summed E-state index contributed by atoms with van der Waals surface area (Å²) < 4.78 is 5.60. The Hall–Kier alpha value is -1.49. The topological polar surface area (TPSA) is 60.2 Å². The summed E-state index contributed by atoms with van der Waals surface area (Å²) in [7, 11) is 0. The van der Waals surface area contributed by atoms with Gasteiger partial charge in [0.1, 0.15) is 0 Å². The first-order valence-electron chi connectivity index (χ1n) is 6.13. The molecule has 18 heavy (non-hydrogen) atoms. The molecule has 1 unspecified atom stereocenters. The van der Waals surface area contributed by atoms with Crippen molar-refractivity contribution in [1.29, 1.82) is 0 Å². The highest BCUT2D eigenvalue weighted by Gasteiger charge is 2.11. The van der Waals surface area contributed by atoms with E-state index in [0.717, 1.165) is 16.5 Å². The van der Waals surface area contributed by atoms with Gasteiger partial charge in [0.15, 0.2) is 0 Å². The maximum absolute atomic E-state index is 5.60. The molecule has 0 aliphatic heterocycles. The highest BCUT2D eigenvalue weighted by atomic mass is 16.5. The van der Waals surface area contributed by atoms with Gasteiger partial charge in [-0.3, -0.25) is 16.3 Å². The fourth-order valence-corrected chi connectivity index (χ4v) is 1.83. The van der Waals surface area contributed by atoms with Gasteiger partial charge in [0.2, 0.25) is 0 Å². The lowest BCUT2D eigenvalue weighted by molar-refractivity contribution is 0.0611. The first-order chi connectivity index (χ1) is 8.70. The molecule has 0 saturated heterocycles. The van der Waals surface area contributed by atoms with Gasteiger partial charge in [-0.05, 0) is 31.5 Å². The van der Waals surface area contributed by atoms with Crippen molar-refractivity contribution in [2.75, 3.05) is 6.61 Å². The number of rotatable bonds is 5.